The van der Waals surface area contributed by atoms with Gasteiger partial charge in [-0.15, -0.1) is 0 Å². The predicted octanol–water partition coefficient (Wildman–Crippen LogP) is 0.614. The molecule has 5 heteroatoms. The summed E-state index contributed by atoms with van der Waals surface area (Å²) in [4.78, 5) is 41.1. The van der Waals surface area contributed by atoms with E-state index in [1.807, 2.05) is 0 Å². The van der Waals surface area contributed by atoms with Crippen molar-refractivity contribution in [2.24, 2.45) is 0 Å². The summed E-state index contributed by atoms with van der Waals surface area (Å²) in [5.74, 6) is -0.483. The third-order valence-corrected chi connectivity index (χ3v) is 1.65. The molecular formula is C12H10O4S. The van der Waals surface area contributed by atoms with Gasteiger partial charge >= 0.3 is 0 Å². The van der Waals surface area contributed by atoms with E-state index in [4.69, 9.17) is 0 Å². The number of hydrogen-bond acceptors (Lipinski definition) is 4. The lowest BCUT2D eigenvalue weighted by Crippen LogP contribution is -1.97. The highest BCUT2D eigenvalue weighted by Gasteiger charge is 1.98. The van der Waals surface area contributed by atoms with Crippen molar-refractivity contribution in [3.8, 4) is 0 Å². The molecule has 0 aromatic rings. The first-order valence-corrected chi connectivity index (χ1v) is 4.46. The first kappa shape index (κ1) is 15.0. The number of carbonyl (C=O) groups is 4. The van der Waals surface area contributed by atoms with Crippen LogP contribution >= 0.6 is 13.5 Å². The van der Waals surface area contributed by atoms with Crippen LogP contribution in [0.5, 0.6) is 0 Å². The van der Waals surface area contributed by atoms with Crippen LogP contribution in [0.4, 0.5) is 0 Å². The number of rotatable bonds is 0. The molecule has 2 aliphatic rings. The summed E-state index contributed by atoms with van der Waals surface area (Å²) in [6.07, 6.45) is 10.0. The standard InChI is InChI=1S/2C6H4O2.H2S/c2*7-5-1-2-6(8)4-3-5;/h2*1-4H;1H2. The molecule has 0 aliphatic heterocycles. The van der Waals surface area contributed by atoms with Crippen LogP contribution < -0.4 is 0 Å². The highest BCUT2D eigenvalue weighted by atomic mass is 32.1. The first-order chi connectivity index (χ1) is 7.58. The van der Waals surface area contributed by atoms with Gasteiger partial charge in [0.2, 0.25) is 0 Å². The van der Waals surface area contributed by atoms with Crippen molar-refractivity contribution in [3.63, 3.8) is 0 Å². The van der Waals surface area contributed by atoms with Gasteiger partial charge in [0.05, 0.1) is 0 Å². The minimum absolute atomic E-state index is 0. The minimum Gasteiger partial charge on any atom is -0.290 e. The Morgan fingerprint density at radius 1 is 0.412 bits per heavy atom. The van der Waals surface area contributed by atoms with Gasteiger partial charge in [-0.2, -0.15) is 13.5 Å². The fourth-order valence-electron chi connectivity index (χ4n) is 0.879. The highest BCUT2D eigenvalue weighted by Crippen LogP contribution is 1.91. The van der Waals surface area contributed by atoms with Gasteiger partial charge in [0.25, 0.3) is 0 Å². The number of hydrogen-bond donors (Lipinski definition) is 0. The maximum absolute atomic E-state index is 10.3. The second-order valence-electron chi connectivity index (χ2n) is 2.94. The summed E-state index contributed by atoms with van der Waals surface area (Å²) in [6.45, 7) is 0. The number of ketones is 4. The van der Waals surface area contributed by atoms with Crippen molar-refractivity contribution in [1.82, 2.24) is 0 Å². The predicted molar refractivity (Wildman–Crippen MR) is 67.0 cm³/mol. The first-order valence-electron chi connectivity index (χ1n) is 4.46. The second kappa shape index (κ2) is 7.29. The lowest BCUT2D eigenvalue weighted by atomic mass is 10.2. The zero-order valence-corrected chi connectivity index (χ0v) is 9.75. The number of allylic oxidation sites excluding steroid dienone is 8. The van der Waals surface area contributed by atoms with Gasteiger partial charge in [0.1, 0.15) is 0 Å². The Balaban J connectivity index is 0.000000284. The Morgan fingerprint density at radius 2 is 0.529 bits per heavy atom. The summed E-state index contributed by atoms with van der Waals surface area (Å²) in [5, 5.41) is 0. The molecule has 0 N–H and O–H groups in total. The van der Waals surface area contributed by atoms with Crippen molar-refractivity contribution < 1.29 is 19.2 Å². The fourth-order valence-corrected chi connectivity index (χ4v) is 0.879. The molecular weight excluding hydrogens is 240 g/mol. The molecule has 0 radical (unpaired) electrons. The van der Waals surface area contributed by atoms with E-state index in [1.54, 1.807) is 0 Å². The molecule has 0 fully saturated rings. The van der Waals surface area contributed by atoms with E-state index < -0.39 is 0 Å². The van der Waals surface area contributed by atoms with Crippen LogP contribution in [-0.4, -0.2) is 23.1 Å². The number of carbonyl (C=O) groups excluding carboxylic acids is 4. The van der Waals surface area contributed by atoms with Crippen molar-refractivity contribution in [2.75, 3.05) is 0 Å². The zero-order chi connectivity index (χ0) is 12.0. The molecule has 88 valence electrons. The van der Waals surface area contributed by atoms with Gasteiger partial charge in [-0.1, -0.05) is 0 Å². The van der Waals surface area contributed by atoms with E-state index in [1.165, 1.54) is 48.6 Å². The Kier molecular flexibility index (Phi) is 6.43. The Labute approximate surface area is 105 Å². The van der Waals surface area contributed by atoms with E-state index >= 15 is 0 Å². The van der Waals surface area contributed by atoms with E-state index in [9.17, 15) is 19.2 Å². The maximum atomic E-state index is 10.3. The van der Waals surface area contributed by atoms with Crippen molar-refractivity contribution in [3.05, 3.63) is 48.6 Å². The summed E-state index contributed by atoms with van der Waals surface area (Å²) >= 11 is 0. The average molecular weight is 250 g/mol. The molecule has 0 spiro atoms. The highest BCUT2D eigenvalue weighted by molar-refractivity contribution is 7.59. The van der Waals surface area contributed by atoms with Gasteiger partial charge in [-0.3, -0.25) is 19.2 Å². The molecule has 2 aliphatic carbocycles. The molecule has 0 aromatic carbocycles. The van der Waals surface area contributed by atoms with Crippen LogP contribution in [0.3, 0.4) is 0 Å². The van der Waals surface area contributed by atoms with Gasteiger partial charge in [0.15, 0.2) is 23.1 Å². The van der Waals surface area contributed by atoms with E-state index in [0.717, 1.165) is 0 Å². The third-order valence-electron chi connectivity index (χ3n) is 1.65. The van der Waals surface area contributed by atoms with Gasteiger partial charge in [-0.25, -0.2) is 0 Å². The molecule has 0 saturated heterocycles. The third kappa shape index (κ3) is 6.21. The largest absolute Gasteiger partial charge is 0.290 e. The Bertz CT molecular complexity index is 347. The summed E-state index contributed by atoms with van der Waals surface area (Å²) in [5.41, 5.74) is 0. The van der Waals surface area contributed by atoms with Crippen molar-refractivity contribution >= 4 is 36.6 Å². The molecule has 0 amide bonds. The van der Waals surface area contributed by atoms with Crippen LogP contribution in [0.25, 0.3) is 0 Å². The lowest BCUT2D eigenvalue weighted by Gasteiger charge is -1.87. The van der Waals surface area contributed by atoms with Gasteiger partial charge in [0, 0.05) is 0 Å². The molecule has 0 unspecified atom stereocenters. The van der Waals surface area contributed by atoms with Crippen LogP contribution in [0, 0.1) is 0 Å². The molecule has 0 bridgehead atoms. The Hall–Kier alpha value is -2.01. The SMILES string of the molecule is O=C1C=CC(=O)C=C1.O=C1C=CC(=O)C=C1.S. The molecule has 17 heavy (non-hydrogen) atoms. The van der Waals surface area contributed by atoms with E-state index in [-0.39, 0.29) is 36.6 Å². The summed E-state index contributed by atoms with van der Waals surface area (Å²) < 4.78 is 0. The van der Waals surface area contributed by atoms with Gasteiger partial charge in [-0.05, 0) is 48.6 Å². The smallest absolute Gasteiger partial charge is 0.178 e. The topological polar surface area (TPSA) is 68.3 Å². The summed E-state index contributed by atoms with van der Waals surface area (Å²) in [6, 6.07) is 0. The molecule has 0 saturated carbocycles. The lowest BCUT2D eigenvalue weighted by molar-refractivity contribution is -0.113. The molecule has 2 rings (SSSR count). The van der Waals surface area contributed by atoms with Crippen LogP contribution in [0.15, 0.2) is 48.6 Å². The summed E-state index contributed by atoms with van der Waals surface area (Å²) in [7, 11) is 0. The molecule has 4 nitrogen and oxygen atoms in total. The van der Waals surface area contributed by atoms with Crippen molar-refractivity contribution in [1.29, 1.82) is 0 Å². The van der Waals surface area contributed by atoms with Crippen LogP contribution in [-0.2, 0) is 19.2 Å². The Morgan fingerprint density at radius 3 is 0.647 bits per heavy atom. The molecule has 0 atom stereocenters. The normalized spacial score (nSPS) is 16.5. The van der Waals surface area contributed by atoms with E-state index in [2.05, 4.69) is 0 Å². The van der Waals surface area contributed by atoms with Crippen LogP contribution in [0.1, 0.15) is 0 Å². The molecule has 0 aromatic heterocycles. The zero-order valence-electron chi connectivity index (χ0n) is 8.75. The quantitative estimate of drug-likeness (QED) is 0.591. The second-order valence-corrected chi connectivity index (χ2v) is 2.94. The minimum atomic E-state index is -0.121. The monoisotopic (exact) mass is 250 g/mol. The van der Waals surface area contributed by atoms with Crippen LogP contribution in [0.2, 0.25) is 0 Å². The van der Waals surface area contributed by atoms with Gasteiger partial charge < -0.3 is 0 Å². The molecule has 0 heterocycles. The van der Waals surface area contributed by atoms with E-state index in [0.29, 0.717) is 0 Å². The average Bonchev–Trinajstić information content (AvgIpc) is 2.28. The fraction of sp³-hybridized carbons (Fsp3) is 0. The maximum Gasteiger partial charge on any atom is 0.178 e. The van der Waals surface area contributed by atoms with Crippen molar-refractivity contribution in [2.45, 2.75) is 0 Å².